The van der Waals surface area contributed by atoms with Crippen molar-refractivity contribution in [2.45, 2.75) is 0 Å². The van der Waals surface area contributed by atoms with Gasteiger partial charge in [-0.05, 0) is 141 Å². The van der Waals surface area contributed by atoms with Crippen LogP contribution in [0.15, 0.2) is 243 Å². The number of para-hydroxylation sites is 4. The molecule has 0 radical (unpaired) electrons. The lowest BCUT2D eigenvalue weighted by Crippen LogP contribution is -1.93. The predicted octanol–water partition coefficient (Wildman–Crippen LogP) is 16.2. The molecule has 62 heavy (non-hydrogen) atoms. The van der Waals surface area contributed by atoms with Gasteiger partial charge < -0.3 is 9.13 Å². The number of fused-ring (bicyclic) bond motifs is 6. The largest absolute Gasteiger partial charge is 0.309 e. The van der Waals surface area contributed by atoms with E-state index in [0.29, 0.717) is 0 Å². The molecule has 0 aliphatic heterocycles. The molecule has 0 saturated heterocycles. The first-order chi connectivity index (χ1) is 30.7. The minimum atomic E-state index is 1.16. The van der Waals surface area contributed by atoms with Crippen molar-refractivity contribution in [2.75, 3.05) is 0 Å². The molecular weight excluding hydrogens is 749 g/mol. The fourth-order valence-corrected chi connectivity index (χ4v) is 9.60. The van der Waals surface area contributed by atoms with Gasteiger partial charge in [0.05, 0.1) is 22.1 Å². The van der Waals surface area contributed by atoms with Crippen molar-refractivity contribution >= 4 is 43.6 Å². The van der Waals surface area contributed by atoms with Crippen molar-refractivity contribution in [3.63, 3.8) is 0 Å². The van der Waals surface area contributed by atoms with E-state index in [-0.39, 0.29) is 0 Å². The molecule has 290 valence electrons. The number of hydrogen-bond acceptors (Lipinski definition) is 0. The lowest BCUT2D eigenvalue weighted by molar-refractivity contribution is 1.18. The van der Waals surface area contributed by atoms with Crippen molar-refractivity contribution in [1.29, 1.82) is 0 Å². The van der Waals surface area contributed by atoms with E-state index in [4.69, 9.17) is 0 Å². The van der Waals surface area contributed by atoms with Gasteiger partial charge in [0.1, 0.15) is 0 Å². The average molecular weight is 789 g/mol. The molecule has 2 heterocycles. The van der Waals surface area contributed by atoms with Gasteiger partial charge >= 0.3 is 0 Å². The maximum absolute atomic E-state index is 2.42. The van der Waals surface area contributed by atoms with Crippen molar-refractivity contribution in [3.8, 4) is 67.0 Å². The number of nitrogens with zero attached hydrogens (tertiary/aromatic N) is 2. The summed E-state index contributed by atoms with van der Waals surface area (Å²) in [6.07, 6.45) is 0. The van der Waals surface area contributed by atoms with Crippen molar-refractivity contribution in [3.05, 3.63) is 243 Å². The van der Waals surface area contributed by atoms with Crippen LogP contribution in [0.4, 0.5) is 0 Å². The average Bonchev–Trinajstić information content (AvgIpc) is 3.87. The molecule has 0 N–H and O–H groups in total. The lowest BCUT2D eigenvalue weighted by Gasteiger charge is -2.17. The molecule has 12 rings (SSSR count). The molecule has 0 unspecified atom stereocenters. The van der Waals surface area contributed by atoms with Crippen molar-refractivity contribution in [1.82, 2.24) is 9.13 Å². The third-order valence-corrected chi connectivity index (χ3v) is 12.5. The van der Waals surface area contributed by atoms with Crippen LogP contribution in [0, 0.1) is 0 Å². The summed E-state index contributed by atoms with van der Waals surface area (Å²) < 4.78 is 4.77. The third-order valence-electron chi connectivity index (χ3n) is 12.5. The highest BCUT2D eigenvalue weighted by Crippen LogP contribution is 2.43. The number of benzene rings is 10. The van der Waals surface area contributed by atoms with Gasteiger partial charge in [-0.2, -0.15) is 0 Å². The van der Waals surface area contributed by atoms with Crippen LogP contribution in [0.5, 0.6) is 0 Å². The third kappa shape index (κ3) is 6.04. The Balaban J connectivity index is 1.10. The van der Waals surface area contributed by atoms with Gasteiger partial charge in [-0.3, -0.25) is 0 Å². The highest BCUT2D eigenvalue weighted by molar-refractivity contribution is 6.12. The maximum Gasteiger partial charge on any atom is 0.0541 e. The first-order valence-corrected chi connectivity index (χ1v) is 21.3. The number of hydrogen-bond donors (Lipinski definition) is 0. The molecule has 2 heteroatoms. The Morgan fingerprint density at radius 3 is 1.11 bits per heavy atom. The summed E-state index contributed by atoms with van der Waals surface area (Å²) in [6.45, 7) is 0. The summed E-state index contributed by atoms with van der Waals surface area (Å²) in [6, 6.07) is 88.6. The summed E-state index contributed by atoms with van der Waals surface area (Å²) in [5.74, 6) is 0. The van der Waals surface area contributed by atoms with Crippen molar-refractivity contribution in [2.24, 2.45) is 0 Å². The molecule has 2 aromatic heterocycles. The summed E-state index contributed by atoms with van der Waals surface area (Å²) in [4.78, 5) is 0. The van der Waals surface area contributed by atoms with Crippen LogP contribution in [0.1, 0.15) is 0 Å². The Kier molecular flexibility index (Phi) is 8.53. The molecule has 0 aliphatic rings. The Morgan fingerprint density at radius 1 is 0.194 bits per heavy atom. The van der Waals surface area contributed by atoms with E-state index in [1.165, 1.54) is 99.2 Å². The fourth-order valence-electron chi connectivity index (χ4n) is 9.60. The SMILES string of the molecule is c1ccc(-c2cc(-c3ccccc3)cc(-c3cc(-c4ccc5c(c4)c4ccccc4n5-c4ccccc4)ccc3-c3ccc4c(c3)c3ccccc3n4-c3ccccc3)c2)cc1. The normalized spacial score (nSPS) is 11.5. The smallest absolute Gasteiger partial charge is 0.0541 e. The molecule has 10 aromatic carbocycles. The maximum atomic E-state index is 2.42. The van der Waals surface area contributed by atoms with Crippen LogP contribution in [-0.4, -0.2) is 9.13 Å². The molecular formula is C60H40N2. The van der Waals surface area contributed by atoms with E-state index in [9.17, 15) is 0 Å². The van der Waals surface area contributed by atoms with Gasteiger partial charge in [-0.25, -0.2) is 0 Å². The first-order valence-electron chi connectivity index (χ1n) is 21.3. The van der Waals surface area contributed by atoms with Crippen molar-refractivity contribution < 1.29 is 0 Å². The Hall–Kier alpha value is -8.20. The highest BCUT2D eigenvalue weighted by atomic mass is 15.0. The second-order valence-corrected chi connectivity index (χ2v) is 16.1. The minimum Gasteiger partial charge on any atom is -0.309 e. The van der Waals surface area contributed by atoms with Gasteiger partial charge in [-0.1, -0.05) is 158 Å². The molecule has 0 atom stereocenters. The van der Waals surface area contributed by atoms with Gasteiger partial charge in [0.2, 0.25) is 0 Å². The Bertz CT molecular complexity index is 3540. The number of aromatic nitrogens is 2. The van der Waals surface area contributed by atoms with E-state index >= 15 is 0 Å². The summed E-state index contributed by atoms with van der Waals surface area (Å²) in [5, 5.41) is 4.97. The predicted molar refractivity (Wildman–Crippen MR) is 262 cm³/mol. The molecule has 0 aliphatic carbocycles. The lowest BCUT2D eigenvalue weighted by atomic mass is 9.87. The number of rotatable bonds is 7. The topological polar surface area (TPSA) is 9.86 Å². The summed E-state index contributed by atoms with van der Waals surface area (Å²) >= 11 is 0. The van der Waals surface area contributed by atoms with Gasteiger partial charge in [0.25, 0.3) is 0 Å². The quantitative estimate of drug-likeness (QED) is 0.152. The van der Waals surface area contributed by atoms with Crippen LogP contribution in [-0.2, 0) is 0 Å². The first kappa shape index (κ1) is 35.7. The van der Waals surface area contributed by atoms with Crippen LogP contribution in [0.2, 0.25) is 0 Å². The molecule has 0 fully saturated rings. The second-order valence-electron chi connectivity index (χ2n) is 16.1. The monoisotopic (exact) mass is 788 g/mol. The zero-order valence-electron chi connectivity index (χ0n) is 34.0. The molecule has 0 saturated carbocycles. The molecule has 0 spiro atoms. The van der Waals surface area contributed by atoms with E-state index in [2.05, 4.69) is 252 Å². The van der Waals surface area contributed by atoms with Gasteiger partial charge in [0.15, 0.2) is 0 Å². The standard InChI is InChI=1S/C60H40N2/c1-5-17-41(18-6-1)46-35-47(42-19-7-2-8-20-42)37-48(36-46)54-38-43(44-30-33-59-55(39-44)52-25-13-15-27-57(52)61(59)49-21-9-3-10-22-49)29-32-51(54)45-31-34-60-56(40-45)53-26-14-16-28-58(53)62(60)50-23-11-4-12-24-50/h1-40H. The van der Waals surface area contributed by atoms with Crippen LogP contribution in [0.25, 0.3) is 111 Å². The van der Waals surface area contributed by atoms with E-state index in [1.807, 2.05) is 0 Å². The van der Waals surface area contributed by atoms with Gasteiger partial charge in [0, 0.05) is 32.9 Å². The fraction of sp³-hybridized carbons (Fsp3) is 0. The zero-order valence-corrected chi connectivity index (χ0v) is 34.0. The van der Waals surface area contributed by atoms with Crippen LogP contribution in [0.3, 0.4) is 0 Å². The van der Waals surface area contributed by atoms with Gasteiger partial charge in [-0.15, -0.1) is 0 Å². The second kappa shape index (κ2) is 14.8. The van der Waals surface area contributed by atoms with E-state index < -0.39 is 0 Å². The van der Waals surface area contributed by atoms with Crippen LogP contribution >= 0.6 is 0 Å². The summed E-state index contributed by atoms with van der Waals surface area (Å²) in [7, 11) is 0. The molecule has 0 bridgehead atoms. The molecule has 12 aromatic rings. The zero-order chi connectivity index (χ0) is 41.0. The van der Waals surface area contributed by atoms with Crippen LogP contribution < -0.4 is 0 Å². The minimum absolute atomic E-state index is 1.16. The Morgan fingerprint density at radius 2 is 0.581 bits per heavy atom. The highest BCUT2D eigenvalue weighted by Gasteiger charge is 2.18. The molecule has 0 amide bonds. The van der Waals surface area contributed by atoms with E-state index in [1.54, 1.807) is 0 Å². The Labute approximate surface area is 360 Å². The summed E-state index contributed by atoms with van der Waals surface area (Å²) in [5.41, 5.74) is 19.0. The van der Waals surface area contributed by atoms with E-state index in [0.717, 1.165) is 11.4 Å². The molecule has 2 nitrogen and oxygen atoms in total.